The number of halogens is 3. The first-order chi connectivity index (χ1) is 41.4. The number of ketones is 1. The van der Waals surface area contributed by atoms with Crippen LogP contribution in [0.15, 0.2) is 102 Å². The number of carbonyl (C=O) groups excluding carboxylic acids is 4. The third-order valence-electron chi connectivity index (χ3n) is 14.5. The maximum Gasteiger partial charge on any atom is 0.410 e. The monoisotopic (exact) mass is 1250 g/mol. The Hall–Kier alpha value is -8.80. The van der Waals surface area contributed by atoms with E-state index in [0.717, 1.165) is 76.1 Å². The molecule has 87 heavy (non-hydrogen) atoms. The molecule has 2 aromatic carbocycles. The lowest BCUT2D eigenvalue weighted by Gasteiger charge is -2.39. The molecule has 24 heteroatoms. The van der Waals surface area contributed by atoms with Gasteiger partial charge in [0.05, 0.1) is 59.9 Å². The van der Waals surface area contributed by atoms with E-state index in [0.29, 0.717) is 84.7 Å². The normalized spacial score (nSPS) is 15.1. The number of aromatic nitrogens is 8. The van der Waals surface area contributed by atoms with Crippen LogP contribution in [0.25, 0.3) is 33.8 Å². The Morgan fingerprint density at radius 1 is 0.632 bits per heavy atom. The van der Waals surface area contributed by atoms with Crippen molar-refractivity contribution in [1.82, 2.24) is 54.3 Å². The van der Waals surface area contributed by atoms with Gasteiger partial charge in [-0.05, 0) is 138 Å². The lowest BCUT2D eigenvalue weighted by molar-refractivity contribution is 0.00000625. The third-order valence-corrected chi connectivity index (χ3v) is 14.9. The molecule has 0 radical (unpaired) electrons. The maximum absolute atomic E-state index is 13.8. The summed E-state index contributed by atoms with van der Waals surface area (Å²) < 4.78 is 46.7. The van der Waals surface area contributed by atoms with Gasteiger partial charge in [0.1, 0.15) is 33.2 Å². The van der Waals surface area contributed by atoms with Gasteiger partial charge in [-0.1, -0.05) is 18.2 Å². The number of hydrogen-bond acceptors (Lipinski definition) is 16. The number of pyridine rings is 2. The Morgan fingerprint density at radius 2 is 1.15 bits per heavy atom. The van der Waals surface area contributed by atoms with Gasteiger partial charge in [0.15, 0.2) is 22.8 Å². The van der Waals surface area contributed by atoms with E-state index >= 15 is 0 Å². The van der Waals surface area contributed by atoms with E-state index in [1.54, 1.807) is 26.6 Å². The van der Waals surface area contributed by atoms with Crippen LogP contribution in [0.4, 0.5) is 29.7 Å². The van der Waals surface area contributed by atoms with Gasteiger partial charge < -0.3 is 45.1 Å². The maximum atomic E-state index is 13.8. The quantitative estimate of drug-likeness (QED) is 0.0697. The molecule has 0 spiro atoms. The molecule has 0 atom stereocenters. The van der Waals surface area contributed by atoms with Crippen LogP contribution in [0.1, 0.15) is 105 Å². The fourth-order valence-corrected chi connectivity index (χ4v) is 10.2. The van der Waals surface area contributed by atoms with Gasteiger partial charge in [-0.15, -0.1) is 5.10 Å². The molecule has 0 unspecified atom stereocenters. The summed E-state index contributed by atoms with van der Waals surface area (Å²) in [6, 6.07) is 17.7. The highest BCUT2D eigenvalue weighted by Gasteiger charge is 2.35. The van der Waals surface area contributed by atoms with E-state index in [1.807, 2.05) is 109 Å². The predicted octanol–water partition coefficient (Wildman–Crippen LogP) is 11.9. The summed E-state index contributed by atoms with van der Waals surface area (Å²) in [6.07, 6.45) is 12.7. The molecule has 0 bridgehead atoms. The fraction of sp³-hybridized carbons (Fsp3) is 0.397. The van der Waals surface area contributed by atoms with Crippen molar-refractivity contribution in [2.24, 2.45) is 17.8 Å². The zero-order valence-electron chi connectivity index (χ0n) is 49.7. The smallest absolute Gasteiger partial charge is 0.410 e. The van der Waals surface area contributed by atoms with E-state index in [9.17, 15) is 28.0 Å². The summed E-state index contributed by atoms with van der Waals surface area (Å²) in [6.45, 7) is 18.8. The highest BCUT2D eigenvalue weighted by molar-refractivity contribution is 9.10. The number of imidazole rings is 2. The number of carbonyl (C=O) groups is 4. The topological polar surface area (TPSA) is 245 Å². The van der Waals surface area contributed by atoms with E-state index < -0.39 is 22.8 Å². The number of likely N-dealkylation sites (tertiary alicyclic amines) is 2. The lowest BCUT2D eigenvalue weighted by atomic mass is 9.98. The molecule has 456 valence electrons. The zero-order chi connectivity index (χ0) is 61.9. The number of anilines is 2. The Kier molecular flexibility index (Phi) is 18.1. The molecular formula is C63H70BrF2N13O8. The van der Waals surface area contributed by atoms with Crippen LogP contribution >= 0.6 is 15.9 Å². The fourth-order valence-electron chi connectivity index (χ4n) is 9.81. The first-order valence-corrected chi connectivity index (χ1v) is 29.7. The molecule has 12 rings (SSSR count). The minimum absolute atomic E-state index is 0.0741. The first kappa shape index (κ1) is 61.3. The minimum Gasteiger partial charge on any atom is -0.506 e. The van der Waals surface area contributed by atoms with Crippen molar-refractivity contribution in [2.45, 2.75) is 105 Å². The Morgan fingerprint density at radius 3 is 1.63 bits per heavy atom. The molecule has 2 saturated carbocycles. The van der Waals surface area contributed by atoms with Gasteiger partial charge in [-0.3, -0.25) is 19.6 Å². The van der Waals surface area contributed by atoms with Crippen molar-refractivity contribution in [3.05, 3.63) is 136 Å². The Labute approximate surface area is 510 Å². The number of fused-ring (bicyclic) bond motifs is 2. The van der Waals surface area contributed by atoms with Gasteiger partial charge in [0.25, 0.3) is 5.91 Å². The second-order valence-electron chi connectivity index (χ2n) is 24.5. The third kappa shape index (κ3) is 16.0. The van der Waals surface area contributed by atoms with E-state index in [1.165, 1.54) is 31.3 Å². The van der Waals surface area contributed by atoms with Gasteiger partial charge >= 0.3 is 12.2 Å². The van der Waals surface area contributed by atoms with E-state index in [-0.39, 0.29) is 53.2 Å². The van der Waals surface area contributed by atoms with Crippen LogP contribution in [0.2, 0.25) is 0 Å². The summed E-state index contributed by atoms with van der Waals surface area (Å²) in [5, 5.41) is 27.8. The molecule has 21 nitrogen and oxygen atoms in total. The molecule has 4 aliphatic rings. The zero-order valence-corrected chi connectivity index (χ0v) is 51.3. The molecule has 3 amide bonds. The minimum atomic E-state index is -0.545. The van der Waals surface area contributed by atoms with E-state index in [4.69, 9.17) is 19.3 Å². The largest absolute Gasteiger partial charge is 0.506 e. The summed E-state index contributed by atoms with van der Waals surface area (Å²) in [7, 11) is 0. The Bertz CT molecular complexity index is 3850. The van der Waals surface area contributed by atoms with Gasteiger partial charge in [-0.2, -0.15) is 5.10 Å². The van der Waals surface area contributed by atoms with Gasteiger partial charge in [-0.25, -0.2) is 37.4 Å². The number of hydrogen-bond donors (Lipinski definition) is 4. The van der Waals surface area contributed by atoms with Gasteiger partial charge in [0.2, 0.25) is 5.88 Å². The molecule has 8 heterocycles. The molecule has 2 aliphatic heterocycles. The molecule has 6 aromatic heterocycles. The summed E-state index contributed by atoms with van der Waals surface area (Å²) in [4.78, 5) is 69.7. The first-order valence-electron chi connectivity index (χ1n) is 28.9. The number of Topliss-reactive ketones (excluding diaryl/α,β-unsaturated/α-hetero) is 1. The molecule has 4 N–H and O–H groups in total. The number of benzene rings is 2. The highest BCUT2D eigenvalue weighted by Crippen LogP contribution is 2.36. The molecule has 2 aliphatic carbocycles. The summed E-state index contributed by atoms with van der Waals surface area (Å²) in [5.41, 5.74) is 8.36. The average molecular weight is 1260 g/mol. The number of aromatic hydroxyl groups is 1. The van der Waals surface area contributed by atoms with Crippen molar-refractivity contribution in [2.75, 3.05) is 49.9 Å². The number of nitrogens with zero attached hydrogens (tertiary/aromatic N) is 10. The molecule has 8 aromatic rings. The summed E-state index contributed by atoms with van der Waals surface area (Å²) in [5.74, 6) is 0.491. The standard InChI is InChI=1S/C31H34FN7O4.C27H32BrN5O3.C5H4FNO/c1-18-9-20(5-8-24(18)29(40)36-22-6-7-22)26-15-35-28-25(34-12-19-16-38(17-19)30(41)43-31(2,3)4)11-27(37-39(26)28)42-23-10-21(32)13-33-14-23;1-16-9-19(7-8-20(16)23(34)10-17-5-6-17)22-13-30-25-21(11-24(28)31-33(22)25)29-12-18-14-32(15-18)26(35)36-27(2,3)4;6-4-1-5(8)3-7-2-4/h5,8-11,13-15,19,22,34H,6-7,12,16-17H2,1-4H3,(H,36,40);7-9,11,13,17-18,29H,5-6,10,12,14-15H2,1-4H3;1-3,8H. The van der Waals surface area contributed by atoms with Crippen molar-refractivity contribution < 1.29 is 47.3 Å². The van der Waals surface area contributed by atoms with Gasteiger partial charge in [0, 0.05) is 104 Å². The summed E-state index contributed by atoms with van der Waals surface area (Å²) >= 11 is 3.53. The molecule has 2 saturated heterocycles. The van der Waals surface area contributed by atoms with Crippen molar-refractivity contribution in [1.29, 1.82) is 0 Å². The predicted molar refractivity (Wildman–Crippen MR) is 326 cm³/mol. The van der Waals surface area contributed by atoms with Crippen LogP contribution in [-0.2, 0) is 9.47 Å². The SMILES string of the molecule is Cc1cc(-c2cnc3c(NCC4CN(C(=O)OC(C)(C)C)C4)cc(Br)nn23)ccc1C(=O)CC1CC1.Cc1cc(-c2cnc3c(NCC4CN(C(=O)OC(C)(C)C)C4)cc(Oc4cncc(F)c4)nn23)ccc1C(=O)NC1CC1.Oc1cncc(F)c1. The number of ether oxygens (including phenoxy) is 3. The highest BCUT2D eigenvalue weighted by atomic mass is 79.9. The van der Waals surface area contributed by atoms with Crippen molar-refractivity contribution in [3.8, 4) is 39.9 Å². The van der Waals surface area contributed by atoms with Crippen LogP contribution in [0.3, 0.4) is 0 Å². The lowest BCUT2D eigenvalue weighted by Crippen LogP contribution is -2.53. The van der Waals surface area contributed by atoms with Crippen molar-refractivity contribution in [3.63, 3.8) is 0 Å². The van der Waals surface area contributed by atoms with E-state index in [2.05, 4.69) is 62.0 Å². The van der Waals surface area contributed by atoms with Crippen LogP contribution in [-0.4, -0.2) is 134 Å². The number of rotatable bonds is 15. The number of amides is 3. The molecule has 4 fully saturated rings. The number of aryl methyl sites for hydroxylation is 2. The van der Waals surface area contributed by atoms with Crippen LogP contribution < -0.4 is 20.7 Å². The average Bonchev–Trinajstić information content (AvgIpc) is 2.30. The second kappa shape index (κ2) is 25.6. The molecular weight excluding hydrogens is 1180 g/mol. The van der Waals surface area contributed by atoms with Crippen molar-refractivity contribution >= 4 is 62.5 Å². The van der Waals surface area contributed by atoms with Crippen LogP contribution in [0, 0.1) is 43.2 Å². The van der Waals surface area contributed by atoms with Crippen LogP contribution in [0.5, 0.6) is 17.4 Å². The number of nitrogens with one attached hydrogen (secondary N) is 3. The Balaban J connectivity index is 0.000000172. The second-order valence-corrected chi connectivity index (χ2v) is 25.3.